The normalized spacial score (nSPS) is 11.3. The molecule has 0 bridgehead atoms. The highest BCUT2D eigenvalue weighted by Gasteiger charge is 2.13. The van der Waals surface area contributed by atoms with Crippen LogP contribution >= 0.6 is 11.3 Å². The third-order valence-electron chi connectivity index (χ3n) is 4.93. The molecule has 1 aromatic heterocycles. The predicted octanol–water partition coefficient (Wildman–Crippen LogP) is 4.36. The van der Waals surface area contributed by atoms with Gasteiger partial charge in [-0.1, -0.05) is 31.5 Å². The molecule has 0 aliphatic rings. The summed E-state index contributed by atoms with van der Waals surface area (Å²) < 4.78 is 11.6. The Balaban J connectivity index is 1.65. The first-order chi connectivity index (χ1) is 15.6. The molecule has 0 fully saturated rings. The van der Waals surface area contributed by atoms with Crippen molar-refractivity contribution in [3.8, 4) is 11.5 Å². The third-order valence-corrected chi connectivity index (χ3v) is 5.89. The lowest BCUT2D eigenvalue weighted by molar-refractivity contribution is -0.120. The molecule has 8 heteroatoms. The molecule has 3 aromatic rings. The fourth-order valence-electron chi connectivity index (χ4n) is 3.21. The summed E-state index contributed by atoms with van der Waals surface area (Å²) in [7, 11) is 3.02. The summed E-state index contributed by atoms with van der Waals surface area (Å²) in [6.07, 6.45) is 2.75. The molecule has 7 nitrogen and oxygen atoms in total. The van der Waals surface area contributed by atoms with Crippen LogP contribution in [0.5, 0.6) is 11.5 Å². The van der Waals surface area contributed by atoms with Gasteiger partial charge in [0.05, 0.1) is 26.5 Å². The molecule has 0 spiro atoms. The number of carbonyl (C=O) groups is 2. The number of nitrogens with zero attached hydrogens (tertiary/aromatic N) is 1. The minimum atomic E-state index is -0.396. The van der Waals surface area contributed by atoms with Crippen LogP contribution in [0.3, 0.4) is 0 Å². The van der Waals surface area contributed by atoms with Gasteiger partial charge in [0.1, 0.15) is 0 Å². The van der Waals surface area contributed by atoms with Gasteiger partial charge in [-0.3, -0.25) is 9.59 Å². The lowest BCUT2D eigenvalue weighted by Crippen LogP contribution is -2.35. The molecule has 0 aliphatic carbocycles. The van der Waals surface area contributed by atoms with Crippen LogP contribution in [0.4, 0.5) is 0 Å². The van der Waals surface area contributed by atoms with Crippen LogP contribution in [-0.4, -0.2) is 38.3 Å². The van der Waals surface area contributed by atoms with Crippen molar-refractivity contribution < 1.29 is 19.1 Å². The molecule has 1 heterocycles. The van der Waals surface area contributed by atoms with E-state index in [9.17, 15) is 9.59 Å². The fraction of sp³-hybridized carbons (Fsp3) is 0.292. The minimum Gasteiger partial charge on any atom is -0.493 e. The number of hydrazone groups is 1. The smallest absolute Gasteiger partial charge is 0.259 e. The van der Waals surface area contributed by atoms with Crippen molar-refractivity contribution in [1.82, 2.24) is 10.7 Å². The molecule has 2 N–H and O–H groups in total. The Morgan fingerprint density at radius 2 is 1.84 bits per heavy atom. The molecule has 0 unspecified atom stereocenters. The highest BCUT2D eigenvalue weighted by atomic mass is 32.1. The van der Waals surface area contributed by atoms with E-state index in [4.69, 9.17) is 9.47 Å². The molecular formula is C24H27N3O4S. The zero-order valence-corrected chi connectivity index (χ0v) is 19.3. The SMILES string of the molecule is CCCC/C(=N\NC(=O)CNC(=O)c1ccc(OC)c(OC)c1)c1csc2ccccc12. The Labute approximate surface area is 191 Å². The van der Waals surface area contributed by atoms with Gasteiger partial charge < -0.3 is 14.8 Å². The van der Waals surface area contributed by atoms with E-state index >= 15 is 0 Å². The molecule has 2 amide bonds. The van der Waals surface area contributed by atoms with Gasteiger partial charge in [-0.25, -0.2) is 5.43 Å². The van der Waals surface area contributed by atoms with Crippen molar-refractivity contribution in [3.05, 3.63) is 59.0 Å². The van der Waals surface area contributed by atoms with E-state index in [-0.39, 0.29) is 12.5 Å². The monoisotopic (exact) mass is 453 g/mol. The maximum atomic E-state index is 12.4. The fourth-order valence-corrected chi connectivity index (χ4v) is 4.18. The number of methoxy groups -OCH3 is 2. The zero-order valence-electron chi connectivity index (χ0n) is 18.4. The van der Waals surface area contributed by atoms with Crippen molar-refractivity contribution in [2.24, 2.45) is 5.10 Å². The van der Waals surface area contributed by atoms with Crippen LogP contribution in [0, 0.1) is 0 Å². The number of carbonyl (C=O) groups excluding carboxylic acids is 2. The molecule has 32 heavy (non-hydrogen) atoms. The number of benzene rings is 2. The second-order valence-electron chi connectivity index (χ2n) is 7.10. The van der Waals surface area contributed by atoms with Crippen molar-refractivity contribution >= 4 is 38.9 Å². The molecule has 0 saturated carbocycles. The van der Waals surface area contributed by atoms with Crippen LogP contribution in [0.1, 0.15) is 42.1 Å². The van der Waals surface area contributed by atoms with Crippen molar-refractivity contribution in [2.45, 2.75) is 26.2 Å². The first-order valence-electron chi connectivity index (χ1n) is 10.4. The maximum Gasteiger partial charge on any atom is 0.259 e. The van der Waals surface area contributed by atoms with Crippen LogP contribution in [0.15, 0.2) is 52.9 Å². The van der Waals surface area contributed by atoms with E-state index < -0.39 is 5.91 Å². The number of hydrogen-bond donors (Lipinski definition) is 2. The summed E-state index contributed by atoms with van der Waals surface area (Å²) >= 11 is 1.66. The van der Waals surface area contributed by atoms with Gasteiger partial charge in [-0.2, -0.15) is 5.10 Å². The Morgan fingerprint density at radius 1 is 1.06 bits per heavy atom. The van der Waals surface area contributed by atoms with Gasteiger partial charge >= 0.3 is 0 Å². The minimum absolute atomic E-state index is 0.192. The Bertz CT molecular complexity index is 1120. The zero-order chi connectivity index (χ0) is 22.9. The second kappa shape index (κ2) is 11.3. The van der Waals surface area contributed by atoms with E-state index in [2.05, 4.69) is 40.3 Å². The number of rotatable bonds is 10. The van der Waals surface area contributed by atoms with E-state index in [1.807, 2.05) is 12.1 Å². The first-order valence-corrected chi connectivity index (χ1v) is 11.3. The third kappa shape index (κ3) is 5.64. The summed E-state index contributed by atoms with van der Waals surface area (Å²) in [5.41, 5.74) is 4.83. The second-order valence-corrected chi connectivity index (χ2v) is 8.01. The molecule has 2 aromatic carbocycles. The lowest BCUT2D eigenvalue weighted by atomic mass is 10.0. The molecule has 0 aliphatic heterocycles. The lowest BCUT2D eigenvalue weighted by Gasteiger charge is -2.10. The average molecular weight is 454 g/mol. The maximum absolute atomic E-state index is 12.4. The van der Waals surface area contributed by atoms with E-state index in [1.54, 1.807) is 29.5 Å². The number of amides is 2. The number of fused-ring (bicyclic) bond motifs is 1. The van der Waals surface area contributed by atoms with Gasteiger partial charge in [0, 0.05) is 26.6 Å². The number of ether oxygens (including phenoxy) is 2. The highest BCUT2D eigenvalue weighted by Crippen LogP contribution is 2.28. The van der Waals surface area contributed by atoms with Gasteiger partial charge in [-0.05, 0) is 37.1 Å². The van der Waals surface area contributed by atoms with E-state index in [1.165, 1.54) is 18.9 Å². The van der Waals surface area contributed by atoms with Gasteiger partial charge in [-0.15, -0.1) is 11.3 Å². The summed E-state index contributed by atoms with van der Waals surface area (Å²) in [5, 5.41) is 10.2. The largest absolute Gasteiger partial charge is 0.493 e. The van der Waals surface area contributed by atoms with Gasteiger partial charge in [0.2, 0.25) is 0 Å². The summed E-state index contributed by atoms with van der Waals surface area (Å²) in [6.45, 7) is 1.92. The highest BCUT2D eigenvalue weighted by molar-refractivity contribution is 7.17. The number of thiophene rings is 1. The van der Waals surface area contributed by atoms with Gasteiger partial charge in [0.25, 0.3) is 11.8 Å². The Morgan fingerprint density at radius 3 is 2.59 bits per heavy atom. The summed E-state index contributed by atoms with van der Waals surface area (Å²) in [5.74, 6) is 0.182. The van der Waals surface area contributed by atoms with Crippen LogP contribution in [0.2, 0.25) is 0 Å². The molecule has 168 valence electrons. The molecule has 3 rings (SSSR count). The number of hydrogen-bond acceptors (Lipinski definition) is 6. The first kappa shape index (κ1) is 23.3. The number of unbranched alkanes of at least 4 members (excludes halogenated alkanes) is 1. The molecular weight excluding hydrogens is 426 g/mol. The number of nitrogens with one attached hydrogen (secondary N) is 2. The van der Waals surface area contributed by atoms with Crippen LogP contribution < -0.4 is 20.2 Å². The molecule has 0 saturated heterocycles. The van der Waals surface area contributed by atoms with Crippen LogP contribution in [0.25, 0.3) is 10.1 Å². The van der Waals surface area contributed by atoms with Gasteiger partial charge in [0.15, 0.2) is 11.5 Å². The van der Waals surface area contributed by atoms with Crippen molar-refractivity contribution in [3.63, 3.8) is 0 Å². The van der Waals surface area contributed by atoms with E-state index in [0.29, 0.717) is 17.1 Å². The Kier molecular flexibility index (Phi) is 8.21. The average Bonchev–Trinajstić information content (AvgIpc) is 3.26. The standard InChI is InChI=1S/C24H27N3O4S/c1-4-5-9-19(18-15-32-22-10-7-6-8-17(18)22)26-27-23(28)14-25-24(29)16-11-12-20(30-2)21(13-16)31-3/h6-8,10-13,15H,4-5,9,14H2,1-3H3,(H,25,29)(H,27,28)/b26-19+. The quantitative estimate of drug-likeness (QED) is 0.353. The molecule has 0 radical (unpaired) electrons. The molecule has 0 atom stereocenters. The van der Waals surface area contributed by atoms with Crippen LogP contribution in [-0.2, 0) is 4.79 Å². The summed E-state index contributed by atoms with van der Waals surface area (Å²) in [6, 6.07) is 13.0. The predicted molar refractivity (Wildman–Crippen MR) is 128 cm³/mol. The van der Waals surface area contributed by atoms with Crippen molar-refractivity contribution in [1.29, 1.82) is 0 Å². The topological polar surface area (TPSA) is 89.0 Å². The van der Waals surface area contributed by atoms with Crippen molar-refractivity contribution in [2.75, 3.05) is 20.8 Å². The van der Waals surface area contributed by atoms with E-state index in [0.717, 1.165) is 35.9 Å². The summed E-state index contributed by atoms with van der Waals surface area (Å²) in [4.78, 5) is 24.7. The Hall–Kier alpha value is -3.39.